The monoisotopic (exact) mass is 264 g/mol. The Morgan fingerprint density at radius 3 is 2.53 bits per heavy atom. The lowest BCUT2D eigenvalue weighted by Gasteiger charge is -2.10. The van der Waals surface area contributed by atoms with Gasteiger partial charge in [-0.05, 0) is 35.7 Å². The van der Waals surface area contributed by atoms with Crippen LogP contribution in [0.4, 0.5) is 8.78 Å². The standard InChI is InChI=1S/C15H14F2O2/c16-13-6-5-11(9-14(13)17)10-19-15-4-2-1-3-12(15)7-8-18/h1-6,9,18H,7-8,10H2. The molecule has 0 aliphatic carbocycles. The minimum Gasteiger partial charge on any atom is -0.489 e. The Morgan fingerprint density at radius 1 is 1.00 bits per heavy atom. The van der Waals surface area contributed by atoms with Crippen LogP contribution in [-0.2, 0) is 13.0 Å². The first-order chi connectivity index (χ1) is 9.20. The van der Waals surface area contributed by atoms with E-state index in [-0.39, 0.29) is 13.2 Å². The highest BCUT2D eigenvalue weighted by Crippen LogP contribution is 2.20. The maximum atomic E-state index is 13.0. The van der Waals surface area contributed by atoms with Gasteiger partial charge in [0.1, 0.15) is 12.4 Å². The average molecular weight is 264 g/mol. The lowest BCUT2D eigenvalue weighted by atomic mass is 10.1. The average Bonchev–Trinajstić information content (AvgIpc) is 2.42. The van der Waals surface area contributed by atoms with Crippen molar-refractivity contribution in [1.82, 2.24) is 0 Å². The molecule has 0 bridgehead atoms. The van der Waals surface area contributed by atoms with Crippen molar-refractivity contribution in [3.05, 3.63) is 65.2 Å². The van der Waals surface area contributed by atoms with Crippen LogP contribution in [0.2, 0.25) is 0 Å². The van der Waals surface area contributed by atoms with Crippen molar-refractivity contribution in [3.8, 4) is 5.75 Å². The van der Waals surface area contributed by atoms with Crippen LogP contribution < -0.4 is 4.74 Å². The van der Waals surface area contributed by atoms with Gasteiger partial charge in [0.2, 0.25) is 0 Å². The second-order valence-corrected chi connectivity index (χ2v) is 4.12. The zero-order valence-electron chi connectivity index (χ0n) is 10.3. The molecule has 0 amide bonds. The number of aliphatic hydroxyl groups is 1. The van der Waals surface area contributed by atoms with Gasteiger partial charge in [0.25, 0.3) is 0 Å². The van der Waals surface area contributed by atoms with E-state index in [1.807, 2.05) is 18.2 Å². The van der Waals surface area contributed by atoms with Crippen molar-refractivity contribution in [2.75, 3.05) is 6.61 Å². The Morgan fingerprint density at radius 2 is 1.79 bits per heavy atom. The number of hydrogen-bond acceptors (Lipinski definition) is 2. The van der Waals surface area contributed by atoms with E-state index in [1.165, 1.54) is 6.07 Å². The minimum absolute atomic E-state index is 0.0333. The topological polar surface area (TPSA) is 29.5 Å². The highest BCUT2D eigenvalue weighted by atomic mass is 19.2. The highest BCUT2D eigenvalue weighted by molar-refractivity contribution is 5.33. The van der Waals surface area contributed by atoms with Gasteiger partial charge in [-0.1, -0.05) is 24.3 Å². The van der Waals surface area contributed by atoms with Crippen molar-refractivity contribution in [2.45, 2.75) is 13.0 Å². The molecule has 0 spiro atoms. The zero-order chi connectivity index (χ0) is 13.7. The van der Waals surface area contributed by atoms with Crippen LogP contribution in [-0.4, -0.2) is 11.7 Å². The molecule has 0 radical (unpaired) electrons. The summed E-state index contributed by atoms with van der Waals surface area (Å²) in [6.45, 7) is 0.186. The van der Waals surface area contributed by atoms with E-state index in [0.717, 1.165) is 17.7 Å². The maximum absolute atomic E-state index is 13.0. The molecule has 0 aliphatic heterocycles. The van der Waals surface area contributed by atoms with E-state index in [1.54, 1.807) is 6.07 Å². The van der Waals surface area contributed by atoms with Crippen LogP contribution in [0.5, 0.6) is 5.75 Å². The molecular formula is C15H14F2O2. The quantitative estimate of drug-likeness (QED) is 0.899. The summed E-state index contributed by atoms with van der Waals surface area (Å²) >= 11 is 0. The zero-order valence-corrected chi connectivity index (χ0v) is 10.3. The van der Waals surface area contributed by atoms with Crippen molar-refractivity contribution in [3.63, 3.8) is 0 Å². The van der Waals surface area contributed by atoms with E-state index in [0.29, 0.717) is 17.7 Å². The third-order valence-corrected chi connectivity index (χ3v) is 2.73. The van der Waals surface area contributed by atoms with Gasteiger partial charge < -0.3 is 9.84 Å². The van der Waals surface area contributed by atoms with Crippen molar-refractivity contribution >= 4 is 0 Å². The van der Waals surface area contributed by atoms with Gasteiger partial charge in [0.05, 0.1) is 0 Å². The molecule has 2 nitrogen and oxygen atoms in total. The van der Waals surface area contributed by atoms with E-state index < -0.39 is 11.6 Å². The van der Waals surface area contributed by atoms with E-state index >= 15 is 0 Å². The molecule has 0 unspecified atom stereocenters. The molecule has 19 heavy (non-hydrogen) atoms. The molecule has 0 heterocycles. The molecule has 1 N–H and O–H groups in total. The lowest BCUT2D eigenvalue weighted by Crippen LogP contribution is -2.01. The fraction of sp³-hybridized carbons (Fsp3) is 0.200. The van der Waals surface area contributed by atoms with Gasteiger partial charge in [-0.3, -0.25) is 0 Å². The molecule has 2 aromatic carbocycles. The van der Waals surface area contributed by atoms with Crippen molar-refractivity contribution < 1.29 is 18.6 Å². The SMILES string of the molecule is OCCc1ccccc1OCc1ccc(F)c(F)c1. The summed E-state index contributed by atoms with van der Waals surface area (Å²) in [5.74, 6) is -1.12. The Kier molecular flexibility index (Phi) is 4.47. The largest absolute Gasteiger partial charge is 0.489 e. The fourth-order valence-electron chi connectivity index (χ4n) is 1.76. The van der Waals surface area contributed by atoms with Crippen LogP contribution in [0.1, 0.15) is 11.1 Å². The molecule has 0 saturated carbocycles. The van der Waals surface area contributed by atoms with Gasteiger partial charge >= 0.3 is 0 Å². The summed E-state index contributed by atoms with van der Waals surface area (Å²) in [6, 6.07) is 11.0. The number of halogens is 2. The highest BCUT2D eigenvalue weighted by Gasteiger charge is 2.05. The summed E-state index contributed by atoms with van der Waals surface area (Å²) in [5.41, 5.74) is 1.44. The fourth-order valence-corrected chi connectivity index (χ4v) is 1.76. The summed E-state index contributed by atoms with van der Waals surface area (Å²) < 4.78 is 31.4. The van der Waals surface area contributed by atoms with E-state index in [2.05, 4.69) is 0 Å². The third-order valence-electron chi connectivity index (χ3n) is 2.73. The van der Waals surface area contributed by atoms with E-state index in [4.69, 9.17) is 9.84 Å². The maximum Gasteiger partial charge on any atom is 0.159 e. The van der Waals surface area contributed by atoms with Crippen molar-refractivity contribution in [2.24, 2.45) is 0 Å². The molecule has 100 valence electrons. The Balaban J connectivity index is 2.07. The van der Waals surface area contributed by atoms with Gasteiger partial charge in [-0.2, -0.15) is 0 Å². The normalized spacial score (nSPS) is 10.5. The number of aliphatic hydroxyl groups excluding tert-OH is 1. The van der Waals surface area contributed by atoms with Crippen molar-refractivity contribution in [1.29, 1.82) is 0 Å². The summed E-state index contributed by atoms with van der Waals surface area (Å²) in [4.78, 5) is 0. The number of para-hydroxylation sites is 1. The van der Waals surface area contributed by atoms with Gasteiger partial charge in [0.15, 0.2) is 11.6 Å². The first kappa shape index (κ1) is 13.5. The third kappa shape index (κ3) is 3.51. The van der Waals surface area contributed by atoms with Gasteiger partial charge in [-0.15, -0.1) is 0 Å². The molecule has 4 heteroatoms. The number of ether oxygens (including phenoxy) is 1. The predicted octanol–water partition coefficient (Wildman–Crippen LogP) is 3.08. The summed E-state index contributed by atoms with van der Waals surface area (Å²) in [6.07, 6.45) is 0.494. The van der Waals surface area contributed by atoms with E-state index in [9.17, 15) is 8.78 Å². The number of benzene rings is 2. The second kappa shape index (κ2) is 6.29. The Bertz CT molecular complexity index is 556. The predicted molar refractivity (Wildman–Crippen MR) is 67.9 cm³/mol. The molecule has 2 aromatic rings. The molecule has 0 saturated heterocycles. The minimum atomic E-state index is -0.884. The van der Waals surface area contributed by atoms with Crippen LogP contribution in [0.3, 0.4) is 0 Å². The lowest BCUT2D eigenvalue weighted by molar-refractivity contribution is 0.283. The summed E-state index contributed by atoms with van der Waals surface area (Å²) in [5, 5.41) is 8.95. The van der Waals surface area contributed by atoms with Crippen LogP contribution >= 0.6 is 0 Å². The summed E-state index contributed by atoms with van der Waals surface area (Å²) in [7, 11) is 0. The first-order valence-electron chi connectivity index (χ1n) is 5.96. The molecule has 2 rings (SSSR count). The first-order valence-corrected chi connectivity index (χ1v) is 5.96. The Labute approximate surface area is 110 Å². The van der Waals surface area contributed by atoms with Gasteiger partial charge in [0, 0.05) is 6.61 Å². The van der Waals surface area contributed by atoms with Crippen LogP contribution in [0, 0.1) is 11.6 Å². The van der Waals surface area contributed by atoms with Gasteiger partial charge in [-0.25, -0.2) is 8.78 Å². The number of rotatable bonds is 5. The molecular weight excluding hydrogens is 250 g/mol. The molecule has 0 aromatic heterocycles. The molecule has 0 atom stereocenters. The van der Waals surface area contributed by atoms with Crippen LogP contribution in [0.25, 0.3) is 0 Å². The number of hydrogen-bond donors (Lipinski definition) is 1. The Hall–Kier alpha value is -1.94. The smallest absolute Gasteiger partial charge is 0.159 e. The molecule has 0 fully saturated rings. The second-order valence-electron chi connectivity index (χ2n) is 4.12. The molecule has 0 aliphatic rings. The van der Waals surface area contributed by atoms with Crippen LogP contribution in [0.15, 0.2) is 42.5 Å².